The SMILES string of the molecule is C(=Cc1nc2ccccc2o1)c1ccccc1.CC.CC. The Balaban J connectivity index is 0.000000510. The first-order chi connectivity index (χ1) is 10.4. The van der Waals surface area contributed by atoms with Crippen LogP contribution in [0.1, 0.15) is 39.1 Å². The maximum Gasteiger partial charge on any atom is 0.220 e. The van der Waals surface area contributed by atoms with Crippen molar-refractivity contribution in [2.75, 3.05) is 0 Å². The minimum absolute atomic E-state index is 0.634. The van der Waals surface area contributed by atoms with Gasteiger partial charge in [-0.25, -0.2) is 4.98 Å². The molecule has 0 saturated heterocycles. The fraction of sp³-hybridized carbons (Fsp3) is 0.211. The van der Waals surface area contributed by atoms with E-state index in [1.54, 1.807) is 0 Å². The maximum atomic E-state index is 5.59. The van der Waals surface area contributed by atoms with Gasteiger partial charge in [0.15, 0.2) is 5.58 Å². The number of benzene rings is 2. The molecule has 2 heteroatoms. The van der Waals surface area contributed by atoms with Crippen molar-refractivity contribution in [1.29, 1.82) is 0 Å². The van der Waals surface area contributed by atoms with Crippen LogP contribution in [0.4, 0.5) is 0 Å². The Morgan fingerprint density at radius 1 is 0.762 bits per heavy atom. The molecule has 0 aliphatic heterocycles. The highest BCUT2D eigenvalue weighted by molar-refractivity contribution is 5.75. The van der Waals surface area contributed by atoms with Crippen LogP contribution in [0.2, 0.25) is 0 Å². The number of rotatable bonds is 2. The number of nitrogens with zero attached hydrogens (tertiary/aromatic N) is 1. The molecule has 0 spiro atoms. The Labute approximate surface area is 127 Å². The van der Waals surface area contributed by atoms with Crippen LogP contribution < -0.4 is 0 Å². The average molecular weight is 281 g/mol. The molecule has 0 aliphatic carbocycles. The van der Waals surface area contributed by atoms with Gasteiger partial charge in [-0.2, -0.15) is 0 Å². The number of hydrogen-bond donors (Lipinski definition) is 0. The second-order valence-corrected chi connectivity index (χ2v) is 3.76. The van der Waals surface area contributed by atoms with Crippen molar-refractivity contribution in [3.8, 4) is 0 Å². The molecule has 0 radical (unpaired) electrons. The van der Waals surface area contributed by atoms with Gasteiger partial charge >= 0.3 is 0 Å². The summed E-state index contributed by atoms with van der Waals surface area (Å²) in [6.45, 7) is 8.00. The molecule has 21 heavy (non-hydrogen) atoms. The molecule has 1 heterocycles. The topological polar surface area (TPSA) is 26.0 Å². The van der Waals surface area contributed by atoms with E-state index in [0.717, 1.165) is 16.7 Å². The van der Waals surface area contributed by atoms with Gasteiger partial charge in [-0.15, -0.1) is 0 Å². The summed E-state index contributed by atoms with van der Waals surface area (Å²) in [7, 11) is 0. The Morgan fingerprint density at radius 2 is 1.38 bits per heavy atom. The first kappa shape index (κ1) is 16.7. The van der Waals surface area contributed by atoms with Gasteiger partial charge in [0.25, 0.3) is 0 Å². The van der Waals surface area contributed by atoms with E-state index in [0.29, 0.717) is 5.89 Å². The highest BCUT2D eigenvalue weighted by atomic mass is 16.3. The molecule has 2 aromatic carbocycles. The molecule has 0 unspecified atom stereocenters. The molecule has 0 aliphatic rings. The van der Waals surface area contributed by atoms with Gasteiger partial charge in [0, 0.05) is 6.08 Å². The summed E-state index contributed by atoms with van der Waals surface area (Å²) < 4.78 is 5.59. The maximum absolute atomic E-state index is 5.59. The molecule has 0 bridgehead atoms. The second-order valence-electron chi connectivity index (χ2n) is 3.76. The molecule has 0 N–H and O–H groups in total. The number of hydrogen-bond acceptors (Lipinski definition) is 2. The van der Waals surface area contributed by atoms with E-state index >= 15 is 0 Å². The van der Waals surface area contributed by atoms with Crippen molar-refractivity contribution < 1.29 is 4.42 Å². The van der Waals surface area contributed by atoms with Crippen molar-refractivity contribution >= 4 is 23.3 Å². The van der Waals surface area contributed by atoms with E-state index in [1.807, 2.05) is 94.4 Å². The number of para-hydroxylation sites is 2. The lowest BCUT2D eigenvalue weighted by atomic mass is 10.2. The van der Waals surface area contributed by atoms with Gasteiger partial charge < -0.3 is 4.42 Å². The Kier molecular flexibility index (Phi) is 7.59. The summed E-state index contributed by atoms with van der Waals surface area (Å²) in [4.78, 5) is 4.37. The van der Waals surface area contributed by atoms with Crippen LogP contribution in [-0.2, 0) is 0 Å². The van der Waals surface area contributed by atoms with E-state index in [2.05, 4.69) is 4.98 Å². The minimum atomic E-state index is 0.634. The summed E-state index contributed by atoms with van der Waals surface area (Å²) >= 11 is 0. The van der Waals surface area contributed by atoms with Crippen LogP contribution in [0, 0.1) is 0 Å². The number of aromatic nitrogens is 1. The molecular formula is C19H23NO. The Hall–Kier alpha value is -2.35. The zero-order valence-electron chi connectivity index (χ0n) is 13.2. The molecule has 2 nitrogen and oxygen atoms in total. The monoisotopic (exact) mass is 281 g/mol. The van der Waals surface area contributed by atoms with Crippen LogP contribution in [-0.4, -0.2) is 4.98 Å². The molecule has 0 amide bonds. The zero-order valence-corrected chi connectivity index (χ0v) is 13.2. The van der Waals surface area contributed by atoms with E-state index in [-0.39, 0.29) is 0 Å². The van der Waals surface area contributed by atoms with Crippen LogP contribution in [0.15, 0.2) is 59.0 Å². The summed E-state index contributed by atoms with van der Waals surface area (Å²) in [5.74, 6) is 0.634. The Morgan fingerprint density at radius 3 is 2.05 bits per heavy atom. The van der Waals surface area contributed by atoms with Crippen molar-refractivity contribution in [2.24, 2.45) is 0 Å². The largest absolute Gasteiger partial charge is 0.437 e. The van der Waals surface area contributed by atoms with Gasteiger partial charge in [-0.1, -0.05) is 70.2 Å². The predicted molar refractivity (Wildman–Crippen MR) is 92.1 cm³/mol. The van der Waals surface area contributed by atoms with Crippen LogP contribution in [0.5, 0.6) is 0 Å². The van der Waals surface area contributed by atoms with Crippen molar-refractivity contribution in [3.63, 3.8) is 0 Å². The van der Waals surface area contributed by atoms with E-state index in [1.165, 1.54) is 0 Å². The van der Waals surface area contributed by atoms with Crippen LogP contribution in [0.3, 0.4) is 0 Å². The lowest BCUT2D eigenvalue weighted by Gasteiger charge is -1.88. The fourth-order valence-electron chi connectivity index (χ4n) is 1.69. The smallest absolute Gasteiger partial charge is 0.220 e. The highest BCUT2D eigenvalue weighted by Gasteiger charge is 2.00. The third kappa shape index (κ3) is 4.92. The summed E-state index contributed by atoms with van der Waals surface area (Å²) in [5.41, 5.74) is 2.84. The third-order valence-corrected chi connectivity index (χ3v) is 2.53. The predicted octanol–water partition coefficient (Wildman–Crippen LogP) is 6.05. The molecule has 0 saturated carbocycles. The van der Waals surface area contributed by atoms with Gasteiger partial charge in [0.1, 0.15) is 5.52 Å². The van der Waals surface area contributed by atoms with E-state index < -0.39 is 0 Å². The standard InChI is InChI=1S/C15H11NO.2C2H6/c1-2-6-12(7-3-1)10-11-15-16-13-8-4-5-9-14(13)17-15;2*1-2/h1-11H;2*1-2H3. The summed E-state index contributed by atoms with van der Waals surface area (Å²) in [6.07, 6.45) is 3.88. The van der Waals surface area contributed by atoms with Gasteiger partial charge in [0.05, 0.1) is 0 Å². The van der Waals surface area contributed by atoms with E-state index in [9.17, 15) is 0 Å². The molecule has 3 rings (SSSR count). The zero-order chi connectivity index (χ0) is 15.5. The number of fused-ring (bicyclic) bond motifs is 1. The quantitative estimate of drug-likeness (QED) is 0.571. The molecule has 1 aromatic heterocycles. The van der Waals surface area contributed by atoms with Gasteiger partial charge in [-0.3, -0.25) is 0 Å². The molecule has 0 atom stereocenters. The van der Waals surface area contributed by atoms with Gasteiger partial charge in [-0.05, 0) is 23.8 Å². The lowest BCUT2D eigenvalue weighted by Crippen LogP contribution is -1.71. The molecule has 110 valence electrons. The van der Waals surface area contributed by atoms with Crippen molar-refractivity contribution in [2.45, 2.75) is 27.7 Å². The molecule has 0 fully saturated rings. The van der Waals surface area contributed by atoms with Crippen LogP contribution in [0.25, 0.3) is 23.3 Å². The minimum Gasteiger partial charge on any atom is -0.437 e. The van der Waals surface area contributed by atoms with E-state index in [4.69, 9.17) is 4.42 Å². The molecule has 3 aromatic rings. The van der Waals surface area contributed by atoms with Gasteiger partial charge in [0.2, 0.25) is 5.89 Å². The lowest BCUT2D eigenvalue weighted by molar-refractivity contribution is 0.590. The third-order valence-electron chi connectivity index (χ3n) is 2.53. The summed E-state index contributed by atoms with van der Waals surface area (Å²) in [6, 6.07) is 17.8. The molecular weight excluding hydrogens is 258 g/mol. The number of oxazole rings is 1. The summed E-state index contributed by atoms with van der Waals surface area (Å²) in [5, 5.41) is 0. The van der Waals surface area contributed by atoms with Crippen molar-refractivity contribution in [3.05, 3.63) is 66.1 Å². The second kappa shape index (κ2) is 9.54. The normalized spacial score (nSPS) is 9.71. The van der Waals surface area contributed by atoms with Crippen molar-refractivity contribution in [1.82, 2.24) is 4.98 Å². The first-order valence-corrected chi connectivity index (χ1v) is 7.50. The van der Waals surface area contributed by atoms with Crippen LogP contribution >= 0.6 is 0 Å². The highest BCUT2D eigenvalue weighted by Crippen LogP contribution is 2.16. The average Bonchev–Trinajstić information content (AvgIpc) is 3.00. The first-order valence-electron chi connectivity index (χ1n) is 7.50. The Bertz CT molecular complexity index is 620. The fourth-order valence-corrected chi connectivity index (χ4v) is 1.69.